The number of anilines is 1. The van der Waals surface area contributed by atoms with Crippen molar-refractivity contribution in [2.45, 2.75) is 5.72 Å². The molecule has 0 radical (unpaired) electrons. The minimum atomic E-state index is -2.46. The van der Waals surface area contributed by atoms with Gasteiger partial charge in [-0.1, -0.05) is 36.4 Å². The van der Waals surface area contributed by atoms with E-state index in [0.717, 1.165) is 0 Å². The summed E-state index contributed by atoms with van der Waals surface area (Å²) in [6.45, 7) is 0.402. The Kier molecular flexibility index (Phi) is 3.90. The average molecular weight is 381 g/mol. The zero-order valence-corrected chi connectivity index (χ0v) is 14.5. The Hall–Kier alpha value is -3.72. The maximum atomic E-state index is 13.0. The van der Waals surface area contributed by atoms with Gasteiger partial charge in [-0.15, -0.1) is 0 Å². The van der Waals surface area contributed by atoms with Crippen LogP contribution < -0.4 is 4.90 Å². The predicted molar refractivity (Wildman–Crippen MR) is 96.8 cm³/mol. The van der Waals surface area contributed by atoms with Crippen LogP contribution in [0.1, 0.15) is 15.9 Å². The first kappa shape index (κ1) is 17.7. The minimum absolute atomic E-state index is 0.0381. The monoisotopic (exact) mass is 381 g/mol. The molecule has 0 bridgehead atoms. The van der Waals surface area contributed by atoms with Crippen LogP contribution in [0.25, 0.3) is 0 Å². The van der Waals surface area contributed by atoms with Crippen molar-refractivity contribution < 1.29 is 24.7 Å². The molecule has 0 aromatic heterocycles. The molecule has 2 heterocycles. The third kappa shape index (κ3) is 2.30. The summed E-state index contributed by atoms with van der Waals surface area (Å²) in [7, 11) is 0. The molecule has 0 amide bonds. The molecule has 142 valence electrons. The molecule has 1 saturated heterocycles. The van der Waals surface area contributed by atoms with Gasteiger partial charge in [-0.25, -0.2) is 4.79 Å². The number of hydrogen-bond donors (Lipinski definition) is 2. The second-order valence-corrected chi connectivity index (χ2v) is 6.42. The number of rotatable bonds is 4. The van der Waals surface area contributed by atoms with Gasteiger partial charge in [0.2, 0.25) is 5.72 Å². The lowest BCUT2D eigenvalue weighted by Gasteiger charge is -2.32. The molecule has 4 rings (SSSR count). The Morgan fingerprint density at radius 3 is 2.36 bits per heavy atom. The first-order valence-corrected chi connectivity index (χ1v) is 8.46. The molecule has 0 aliphatic carbocycles. The van der Waals surface area contributed by atoms with Crippen molar-refractivity contribution in [1.29, 1.82) is 0 Å². The molecule has 2 aromatic carbocycles. The zero-order chi connectivity index (χ0) is 20.1. The van der Waals surface area contributed by atoms with Crippen molar-refractivity contribution in [2.75, 3.05) is 18.0 Å². The summed E-state index contributed by atoms with van der Waals surface area (Å²) in [5, 5.41) is 32.5. The van der Waals surface area contributed by atoms with Gasteiger partial charge in [-0.3, -0.25) is 14.9 Å². The van der Waals surface area contributed by atoms with Crippen molar-refractivity contribution >= 4 is 17.4 Å². The van der Waals surface area contributed by atoms with Gasteiger partial charge in [0.15, 0.2) is 5.82 Å². The zero-order valence-electron chi connectivity index (χ0n) is 14.5. The lowest BCUT2D eigenvalue weighted by atomic mass is 9.93. The van der Waals surface area contributed by atoms with Gasteiger partial charge in [-0.05, 0) is 18.2 Å². The summed E-state index contributed by atoms with van der Waals surface area (Å²) < 4.78 is 0. The molecule has 2 aliphatic rings. The molecule has 2 aromatic rings. The van der Waals surface area contributed by atoms with Crippen molar-refractivity contribution in [2.24, 2.45) is 0 Å². The fourth-order valence-corrected chi connectivity index (χ4v) is 3.78. The van der Waals surface area contributed by atoms with Gasteiger partial charge in [0.1, 0.15) is 0 Å². The fraction of sp³-hybridized carbons (Fsp3) is 0.158. The molecule has 1 atom stereocenters. The van der Waals surface area contributed by atoms with Crippen LogP contribution in [0, 0.1) is 10.1 Å². The van der Waals surface area contributed by atoms with Crippen molar-refractivity contribution in [3.05, 3.63) is 87.4 Å². The summed E-state index contributed by atoms with van der Waals surface area (Å²) in [5.41, 5.74) is -3.08. The number of aliphatic hydroxyl groups is 1. The highest BCUT2D eigenvalue weighted by Crippen LogP contribution is 2.46. The predicted octanol–water partition coefficient (Wildman–Crippen LogP) is 1.38. The highest BCUT2D eigenvalue weighted by Gasteiger charge is 2.62. The average Bonchev–Trinajstić information content (AvgIpc) is 3.21. The van der Waals surface area contributed by atoms with E-state index in [4.69, 9.17) is 0 Å². The standard InChI is InChI=1S/C19H15N3O6/c23-16-15(22(27)28)17-20(12-6-2-1-3-7-12)10-11-21(17)19(16,26)14-9-5-4-8-13(14)18(24)25/h1-9,26H,10-11H2,(H,24,25). The van der Waals surface area contributed by atoms with Crippen molar-refractivity contribution in [1.82, 2.24) is 4.90 Å². The van der Waals surface area contributed by atoms with Gasteiger partial charge in [-0.2, -0.15) is 0 Å². The number of Topliss-reactive ketones (excluding diaryl/α,β-unsaturated/α-hetero) is 1. The number of nitrogens with zero attached hydrogens (tertiary/aromatic N) is 3. The number of ketones is 1. The normalized spacial score (nSPS) is 21.2. The largest absolute Gasteiger partial charge is 0.478 e. The van der Waals surface area contributed by atoms with Crippen LogP contribution in [0.15, 0.2) is 66.1 Å². The molecule has 0 spiro atoms. The van der Waals surface area contributed by atoms with Crippen LogP contribution in [-0.2, 0) is 10.5 Å². The van der Waals surface area contributed by atoms with Crippen LogP contribution in [-0.4, -0.2) is 44.9 Å². The van der Waals surface area contributed by atoms with Gasteiger partial charge in [0.05, 0.1) is 10.5 Å². The summed E-state index contributed by atoms with van der Waals surface area (Å²) in [4.78, 5) is 38.3. The van der Waals surface area contributed by atoms with Crippen LogP contribution in [0.3, 0.4) is 0 Å². The first-order valence-electron chi connectivity index (χ1n) is 8.46. The van der Waals surface area contributed by atoms with E-state index in [2.05, 4.69) is 0 Å². The van der Waals surface area contributed by atoms with Crippen LogP contribution in [0.4, 0.5) is 5.69 Å². The third-order valence-electron chi connectivity index (χ3n) is 4.98. The minimum Gasteiger partial charge on any atom is -0.478 e. The third-order valence-corrected chi connectivity index (χ3v) is 4.98. The molecule has 9 heteroatoms. The number of carboxylic acids is 1. The first-order chi connectivity index (χ1) is 13.4. The lowest BCUT2D eigenvalue weighted by molar-refractivity contribution is -0.419. The number of nitro groups is 1. The van der Waals surface area contributed by atoms with E-state index < -0.39 is 28.1 Å². The van der Waals surface area contributed by atoms with E-state index in [1.807, 2.05) is 0 Å². The molecule has 28 heavy (non-hydrogen) atoms. The highest BCUT2D eigenvalue weighted by molar-refractivity contribution is 6.06. The Balaban J connectivity index is 1.91. The van der Waals surface area contributed by atoms with Crippen LogP contribution in [0.5, 0.6) is 0 Å². The number of fused-ring (bicyclic) bond motifs is 1. The number of para-hydroxylation sites is 1. The van der Waals surface area contributed by atoms with Crippen LogP contribution >= 0.6 is 0 Å². The van der Waals surface area contributed by atoms with E-state index in [0.29, 0.717) is 12.2 Å². The topological polar surface area (TPSA) is 124 Å². The Labute approximate surface area is 158 Å². The van der Waals surface area contributed by atoms with E-state index in [-0.39, 0.29) is 23.5 Å². The van der Waals surface area contributed by atoms with Gasteiger partial charge < -0.3 is 20.0 Å². The number of benzene rings is 2. The van der Waals surface area contributed by atoms with E-state index in [1.165, 1.54) is 29.2 Å². The van der Waals surface area contributed by atoms with Gasteiger partial charge in [0.25, 0.3) is 5.78 Å². The summed E-state index contributed by atoms with van der Waals surface area (Å²) in [6, 6.07) is 14.3. The molecular formula is C19H15N3O6. The summed E-state index contributed by atoms with van der Waals surface area (Å²) >= 11 is 0. The maximum absolute atomic E-state index is 13.0. The van der Waals surface area contributed by atoms with E-state index in [1.54, 1.807) is 35.2 Å². The molecule has 2 aliphatic heterocycles. The smallest absolute Gasteiger partial charge is 0.357 e. The van der Waals surface area contributed by atoms with Crippen molar-refractivity contribution in [3.8, 4) is 0 Å². The quantitative estimate of drug-likeness (QED) is 0.601. The second kappa shape index (κ2) is 6.17. The number of hydrogen-bond acceptors (Lipinski definition) is 7. The lowest BCUT2D eigenvalue weighted by Crippen LogP contribution is -2.47. The molecule has 1 unspecified atom stereocenters. The Morgan fingerprint density at radius 1 is 1.07 bits per heavy atom. The number of aromatic carboxylic acids is 1. The van der Waals surface area contributed by atoms with Gasteiger partial charge in [0, 0.05) is 24.3 Å². The summed E-state index contributed by atoms with van der Waals surface area (Å²) in [6.07, 6.45) is 0. The molecule has 2 N–H and O–H groups in total. The molecule has 9 nitrogen and oxygen atoms in total. The number of carbonyl (C=O) groups is 2. The summed E-state index contributed by atoms with van der Waals surface area (Å²) in [5.74, 6) is -2.53. The van der Waals surface area contributed by atoms with E-state index >= 15 is 0 Å². The van der Waals surface area contributed by atoms with Crippen molar-refractivity contribution in [3.63, 3.8) is 0 Å². The SMILES string of the molecule is O=C(O)c1ccccc1C1(O)C(=O)C([N+](=O)[O-])=C2N(c3ccccc3)CCN21. The number of carbonyl (C=O) groups excluding carboxylic acids is 1. The Bertz CT molecular complexity index is 1030. The Morgan fingerprint density at radius 2 is 1.71 bits per heavy atom. The fourth-order valence-electron chi connectivity index (χ4n) is 3.78. The van der Waals surface area contributed by atoms with Gasteiger partial charge >= 0.3 is 11.7 Å². The maximum Gasteiger partial charge on any atom is 0.357 e. The molecular weight excluding hydrogens is 366 g/mol. The second-order valence-electron chi connectivity index (χ2n) is 6.42. The number of carboxylic acid groups (broad SMARTS) is 1. The molecule has 1 fully saturated rings. The van der Waals surface area contributed by atoms with Crippen LogP contribution in [0.2, 0.25) is 0 Å². The van der Waals surface area contributed by atoms with E-state index in [9.17, 15) is 29.9 Å². The molecule has 0 saturated carbocycles. The highest BCUT2D eigenvalue weighted by atomic mass is 16.6.